The molecule has 1 aromatic carbocycles. The zero-order chi connectivity index (χ0) is 30.7. The second-order valence-corrected chi connectivity index (χ2v) is 12.4. The smallest absolute Gasteiger partial charge is 0.408 e. The lowest BCUT2D eigenvalue weighted by molar-refractivity contribution is -0.164. The molecule has 1 fully saturated rings. The molecule has 0 aliphatic carbocycles. The van der Waals surface area contributed by atoms with E-state index in [9.17, 15) is 27.6 Å². The number of nitrogens with zero attached hydrogens (tertiary/aromatic N) is 4. The number of fused-ring (bicyclic) bond motifs is 1. The first-order valence-corrected chi connectivity index (χ1v) is 14.3. The van der Waals surface area contributed by atoms with Crippen LogP contribution >= 0.6 is 15.9 Å². The standard InChI is InChI=1S/C29H33BrF3N5O4/c1-27(2,3)42-26(41)35-22(12-9-19-7-10-20(30)11-8-19)24(39)37-15-13-23-28(17-37,16-21-6-4-5-14-34-21)25(40)38(36-23)18-29(31,32)33/h4-8,10-11,14,22H,9,12-13,15-18H2,1-3H3,(H,35,41)/t22?,28-/m1/s1. The first-order chi connectivity index (χ1) is 19.6. The van der Waals surface area contributed by atoms with E-state index in [1.807, 2.05) is 24.3 Å². The van der Waals surface area contributed by atoms with Crippen LogP contribution in [0.25, 0.3) is 0 Å². The van der Waals surface area contributed by atoms with Crippen LogP contribution in [0.3, 0.4) is 0 Å². The Bertz CT molecular complexity index is 1330. The number of hydrogen-bond donors (Lipinski definition) is 1. The molecule has 4 rings (SSSR count). The van der Waals surface area contributed by atoms with Crippen LogP contribution in [0.4, 0.5) is 18.0 Å². The number of piperidine rings is 1. The lowest BCUT2D eigenvalue weighted by Crippen LogP contribution is -2.59. The molecule has 226 valence electrons. The monoisotopic (exact) mass is 651 g/mol. The summed E-state index contributed by atoms with van der Waals surface area (Å²) in [6.45, 7) is 3.52. The Labute approximate surface area is 250 Å². The third-order valence-corrected chi connectivity index (χ3v) is 7.52. The van der Waals surface area contributed by atoms with Crippen LogP contribution in [-0.4, -0.2) is 76.0 Å². The largest absolute Gasteiger partial charge is 0.444 e. The van der Waals surface area contributed by atoms with Gasteiger partial charge < -0.3 is 15.0 Å². The highest BCUT2D eigenvalue weighted by Gasteiger charge is 2.56. The molecule has 0 radical (unpaired) electrons. The molecule has 0 bridgehead atoms. The molecule has 2 aliphatic heterocycles. The summed E-state index contributed by atoms with van der Waals surface area (Å²) in [6, 6.07) is 11.6. The summed E-state index contributed by atoms with van der Waals surface area (Å²) >= 11 is 3.40. The number of benzene rings is 1. The number of hydrazone groups is 1. The van der Waals surface area contributed by atoms with Crippen molar-refractivity contribution in [3.8, 4) is 0 Å². The fourth-order valence-corrected chi connectivity index (χ4v) is 5.42. The highest BCUT2D eigenvalue weighted by molar-refractivity contribution is 9.10. The van der Waals surface area contributed by atoms with E-state index in [-0.39, 0.29) is 38.1 Å². The van der Waals surface area contributed by atoms with Crippen molar-refractivity contribution in [2.75, 3.05) is 19.6 Å². The Morgan fingerprint density at radius 1 is 1.14 bits per heavy atom. The Morgan fingerprint density at radius 3 is 2.48 bits per heavy atom. The Kier molecular flexibility index (Phi) is 9.29. The minimum Gasteiger partial charge on any atom is -0.444 e. The number of halogens is 4. The average Bonchev–Trinajstić information content (AvgIpc) is 3.15. The molecule has 1 saturated heterocycles. The van der Waals surface area contributed by atoms with Gasteiger partial charge in [0.05, 0.1) is 5.71 Å². The highest BCUT2D eigenvalue weighted by atomic mass is 79.9. The van der Waals surface area contributed by atoms with Gasteiger partial charge in [0.25, 0.3) is 5.91 Å². The number of carbonyl (C=O) groups is 3. The molecule has 1 aromatic heterocycles. The summed E-state index contributed by atoms with van der Waals surface area (Å²) in [7, 11) is 0. The van der Waals surface area contributed by atoms with E-state index in [2.05, 4.69) is 31.3 Å². The lowest BCUT2D eigenvalue weighted by atomic mass is 9.74. The number of alkyl carbamates (subject to hydrolysis) is 1. The van der Waals surface area contributed by atoms with Crippen molar-refractivity contribution in [3.63, 3.8) is 0 Å². The number of nitrogens with one attached hydrogen (secondary N) is 1. The molecule has 1 unspecified atom stereocenters. The van der Waals surface area contributed by atoms with Gasteiger partial charge in [-0.25, -0.2) is 9.80 Å². The van der Waals surface area contributed by atoms with Gasteiger partial charge in [-0.15, -0.1) is 0 Å². The van der Waals surface area contributed by atoms with Crippen LogP contribution in [0.15, 0.2) is 58.2 Å². The third-order valence-electron chi connectivity index (χ3n) is 6.99. The molecule has 13 heteroatoms. The number of pyridine rings is 1. The number of likely N-dealkylation sites (tertiary alicyclic amines) is 1. The molecule has 2 aliphatic rings. The van der Waals surface area contributed by atoms with Crippen molar-refractivity contribution >= 4 is 39.5 Å². The van der Waals surface area contributed by atoms with E-state index < -0.39 is 47.7 Å². The van der Waals surface area contributed by atoms with Crippen molar-refractivity contribution < 1.29 is 32.3 Å². The normalized spacial score (nSPS) is 19.7. The van der Waals surface area contributed by atoms with E-state index in [1.54, 1.807) is 39.0 Å². The van der Waals surface area contributed by atoms with Crippen LogP contribution in [0.1, 0.15) is 44.9 Å². The molecule has 0 spiro atoms. The lowest BCUT2D eigenvalue weighted by Gasteiger charge is -2.40. The van der Waals surface area contributed by atoms with Crippen LogP contribution in [0.5, 0.6) is 0 Å². The van der Waals surface area contributed by atoms with Gasteiger partial charge in [0.2, 0.25) is 5.91 Å². The van der Waals surface area contributed by atoms with Crippen molar-refractivity contribution in [2.45, 2.75) is 64.3 Å². The number of aromatic nitrogens is 1. The van der Waals surface area contributed by atoms with E-state index in [0.29, 0.717) is 17.1 Å². The van der Waals surface area contributed by atoms with Gasteiger partial charge in [-0.1, -0.05) is 34.1 Å². The number of rotatable bonds is 8. The number of aryl methyl sites for hydroxylation is 1. The predicted molar refractivity (Wildman–Crippen MR) is 152 cm³/mol. The van der Waals surface area contributed by atoms with Crippen molar-refractivity contribution in [2.24, 2.45) is 10.5 Å². The molecule has 3 amide bonds. The molecule has 2 atom stereocenters. The zero-order valence-electron chi connectivity index (χ0n) is 23.6. The second kappa shape index (κ2) is 12.4. The number of alkyl halides is 3. The summed E-state index contributed by atoms with van der Waals surface area (Å²) < 4.78 is 46.2. The number of hydrogen-bond acceptors (Lipinski definition) is 6. The fraction of sp³-hybridized carbons (Fsp3) is 0.483. The summed E-state index contributed by atoms with van der Waals surface area (Å²) in [5, 5.41) is 7.21. The molecular weight excluding hydrogens is 619 g/mol. The minimum atomic E-state index is -4.65. The minimum absolute atomic E-state index is 0.0211. The maximum Gasteiger partial charge on any atom is 0.408 e. The van der Waals surface area contributed by atoms with Crippen molar-refractivity contribution in [3.05, 3.63) is 64.4 Å². The van der Waals surface area contributed by atoms with Crippen molar-refractivity contribution in [1.29, 1.82) is 0 Å². The average molecular weight is 653 g/mol. The summed E-state index contributed by atoms with van der Waals surface area (Å²) in [5.41, 5.74) is -0.589. The maximum atomic E-state index is 14.0. The molecule has 1 N–H and O–H groups in total. The van der Waals surface area contributed by atoms with Gasteiger partial charge in [0.1, 0.15) is 23.6 Å². The predicted octanol–water partition coefficient (Wildman–Crippen LogP) is 4.89. The van der Waals surface area contributed by atoms with Gasteiger partial charge in [-0.2, -0.15) is 18.3 Å². The van der Waals surface area contributed by atoms with Gasteiger partial charge in [-0.05, 0) is 63.4 Å². The van der Waals surface area contributed by atoms with E-state index in [1.165, 1.54) is 11.1 Å². The molecule has 3 heterocycles. The number of carbonyl (C=O) groups excluding carboxylic acids is 3. The van der Waals surface area contributed by atoms with E-state index >= 15 is 0 Å². The Morgan fingerprint density at radius 2 is 1.86 bits per heavy atom. The van der Waals surface area contributed by atoms with Crippen molar-refractivity contribution in [1.82, 2.24) is 20.2 Å². The summed E-state index contributed by atoms with van der Waals surface area (Å²) in [4.78, 5) is 46.0. The first-order valence-electron chi connectivity index (χ1n) is 13.5. The Hall–Kier alpha value is -3.48. The van der Waals surface area contributed by atoms with Gasteiger partial charge in [-0.3, -0.25) is 14.6 Å². The molecule has 9 nitrogen and oxygen atoms in total. The zero-order valence-corrected chi connectivity index (χ0v) is 25.2. The van der Waals surface area contributed by atoms with Gasteiger partial charge >= 0.3 is 12.3 Å². The molecular formula is C29H33BrF3N5O4. The van der Waals surface area contributed by atoms with Crippen LogP contribution in [0, 0.1) is 5.41 Å². The summed E-state index contributed by atoms with van der Waals surface area (Å²) in [6.07, 6.45) is -3.12. The highest BCUT2D eigenvalue weighted by Crippen LogP contribution is 2.39. The first kappa shape index (κ1) is 31.5. The molecule has 2 aromatic rings. The number of amides is 3. The maximum absolute atomic E-state index is 14.0. The second-order valence-electron chi connectivity index (χ2n) is 11.5. The SMILES string of the molecule is CC(C)(C)OC(=O)NC(CCc1ccc(Br)cc1)C(=O)N1CCC2=NN(CC(F)(F)F)C(=O)[C@]2(Cc2ccccn2)C1. The van der Waals surface area contributed by atoms with Crippen LogP contribution < -0.4 is 5.32 Å². The van der Waals surface area contributed by atoms with E-state index in [0.717, 1.165) is 10.0 Å². The topological polar surface area (TPSA) is 104 Å². The van der Waals surface area contributed by atoms with Gasteiger partial charge in [0.15, 0.2) is 0 Å². The quantitative estimate of drug-likeness (QED) is 0.438. The van der Waals surface area contributed by atoms with Crippen LogP contribution in [-0.2, 0) is 27.2 Å². The third kappa shape index (κ3) is 7.87. The molecule has 0 saturated carbocycles. The van der Waals surface area contributed by atoms with E-state index in [4.69, 9.17) is 4.74 Å². The summed E-state index contributed by atoms with van der Waals surface area (Å²) in [5.74, 6) is -1.29. The number of ether oxygens (including phenoxy) is 1. The van der Waals surface area contributed by atoms with Gasteiger partial charge in [0, 0.05) is 42.3 Å². The Balaban J connectivity index is 1.60. The fourth-order valence-electron chi connectivity index (χ4n) is 5.15. The van der Waals surface area contributed by atoms with Crippen LogP contribution in [0.2, 0.25) is 0 Å². The molecule has 42 heavy (non-hydrogen) atoms.